The Morgan fingerprint density at radius 3 is 2.40 bits per heavy atom. The van der Waals surface area contributed by atoms with Gasteiger partial charge in [-0.1, -0.05) is 6.58 Å². The van der Waals surface area contributed by atoms with Crippen LogP contribution in [0.5, 0.6) is 0 Å². The van der Waals surface area contributed by atoms with E-state index in [0.717, 1.165) is 18.2 Å². The summed E-state index contributed by atoms with van der Waals surface area (Å²) in [6, 6.07) is 1.96. The summed E-state index contributed by atoms with van der Waals surface area (Å²) in [6.07, 6.45) is 1.61. The van der Waals surface area contributed by atoms with Gasteiger partial charge in [-0.25, -0.2) is 13.2 Å². The van der Waals surface area contributed by atoms with Gasteiger partial charge in [-0.05, 0) is 44.0 Å². The van der Waals surface area contributed by atoms with Crippen molar-refractivity contribution in [3.05, 3.63) is 47.8 Å². The second-order valence-electron chi connectivity index (χ2n) is 6.74. The lowest BCUT2D eigenvalue weighted by molar-refractivity contribution is -0.139. The minimum absolute atomic E-state index is 0.118. The summed E-state index contributed by atoms with van der Waals surface area (Å²) < 4.78 is 40.3. The van der Waals surface area contributed by atoms with Crippen LogP contribution < -0.4 is 0 Å². The second-order valence-corrected chi connectivity index (χ2v) is 6.74. The molecule has 0 N–H and O–H groups in total. The molecule has 1 atom stereocenters. The third kappa shape index (κ3) is 3.55. The van der Waals surface area contributed by atoms with Gasteiger partial charge in [-0.2, -0.15) is 0 Å². The second kappa shape index (κ2) is 6.90. The van der Waals surface area contributed by atoms with Crippen molar-refractivity contribution >= 4 is 11.8 Å². The van der Waals surface area contributed by atoms with Crippen LogP contribution in [-0.2, 0) is 9.59 Å². The fourth-order valence-electron chi connectivity index (χ4n) is 3.41. The summed E-state index contributed by atoms with van der Waals surface area (Å²) in [7, 11) is 1.49. The van der Waals surface area contributed by atoms with Crippen molar-refractivity contribution in [3.63, 3.8) is 0 Å². The number of halogens is 3. The van der Waals surface area contributed by atoms with E-state index in [1.54, 1.807) is 18.7 Å². The molecule has 136 valence electrons. The molecule has 0 radical (unpaired) electrons. The lowest BCUT2D eigenvalue weighted by atomic mass is 9.82. The smallest absolute Gasteiger partial charge is 0.246 e. The maximum absolute atomic E-state index is 13.6. The summed E-state index contributed by atoms with van der Waals surface area (Å²) in [5.74, 6) is -4.98. The normalized spacial score (nSPS) is 19.0. The highest BCUT2D eigenvalue weighted by molar-refractivity contribution is 5.91. The molecule has 1 unspecified atom stereocenters. The molecular formula is C18H21F3N2O2. The lowest BCUT2D eigenvalue weighted by Gasteiger charge is -2.37. The van der Waals surface area contributed by atoms with Crippen molar-refractivity contribution in [3.8, 4) is 0 Å². The van der Waals surface area contributed by atoms with Crippen LogP contribution in [0.1, 0.15) is 31.7 Å². The molecule has 0 bridgehead atoms. The Morgan fingerprint density at radius 2 is 1.88 bits per heavy atom. The van der Waals surface area contributed by atoms with Crippen molar-refractivity contribution in [1.29, 1.82) is 0 Å². The summed E-state index contributed by atoms with van der Waals surface area (Å²) in [5.41, 5.74) is -0.418. The molecule has 1 heterocycles. The van der Waals surface area contributed by atoms with Crippen LogP contribution in [0.15, 0.2) is 24.8 Å². The van der Waals surface area contributed by atoms with Gasteiger partial charge in [0.25, 0.3) is 0 Å². The van der Waals surface area contributed by atoms with Gasteiger partial charge in [0.1, 0.15) is 0 Å². The van der Waals surface area contributed by atoms with E-state index >= 15 is 0 Å². The van der Waals surface area contributed by atoms with E-state index in [1.807, 2.05) is 0 Å². The standard InChI is InChI=1S/C18H21F3N2O2/c1-5-15(24)22(4)10-16(25)23-7-6-12(18(23,2)3)11-8-13(19)17(21)14(20)9-11/h5,8-9,12H,1,6-7,10H2,2-4H3. The van der Waals surface area contributed by atoms with E-state index in [-0.39, 0.29) is 24.3 Å². The Bertz CT molecular complexity index is 695. The Morgan fingerprint density at radius 1 is 1.32 bits per heavy atom. The third-order valence-corrected chi connectivity index (χ3v) is 4.82. The van der Waals surface area contributed by atoms with Crippen LogP contribution in [0.3, 0.4) is 0 Å². The molecule has 2 amide bonds. The first-order valence-electron chi connectivity index (χ1n) is 7.92. The van der Waals surface area contributed by atoms with Gasteiger partial charge in [-0.15, -0.1) is 0 Å². The molecule has 1 aliphatic rings. The zero-order valence-electron chi connectivity index (χ0n) is 14.5. The number of hydrogen-bond donors (Lipinski definition) is 0. The Labute approximate surface area is 144 Å². The molecule has 0 aromatic heterocycles. The number of benzene rings is 1. The summed E-state index contributed by atoms with van der Waals surface area (Å²) >= 11 is 0. The number of likely N-dealkylation sites (tertiary alicyclic amines) is 1. The molecule has 1 saturated heterocycles. The monoisotopic (exact) mass is 354 g/mol. The highest BCUT2D eigenvalue weighted by Gasteiger charge is 2.44. The van der Waals surface area contributed by atoms with Gasteiger partial charge in [0.05, 0.1) is 6.54 Å². The number of amides is 2. The lowest BCUT2D eigenvalue weighted by Crippen LogP contribution is -2.49. The number of hydrogen-bond acceptors (Lipinski definition) is 2. The van der Waals surface area contributed by atoms with Gasteiger partial charge in [0, 0.05) is 25.0 Å². The number of carbonyl (C=O) groups excluding carboxylic acids is 2. The van der Waals surface area contributed by atoms with Gasteiger partial charge < -0.3 is 9.80 Å². The fraction of sp³-hybridized carbons (Fsp3) is 0.444. The van der Waals surface area contributed by atoms with Crippen LogP contribution >= 0.6 is 0 Å². The minimum atomic E-state index is -1.50. The molecule has 2 rings (SSSR count). The van der Waals surface area contributed by atoms with Gasteiger partial charge in [0.15, 0.2) is 17.5 Å². The third-order valence-electron chi connectivity index (χ3n) is 4.82. The van der Waals surface area contributed by atoms with Crippen LogP contribution in [0, 0.1) is 17.5 Å². The molecule has 0 spiro atoms. The number of carbonyl (C=O) groups is 2. The Kier molecular flexibility index (Phi) is 5.25. The molecule has 1 aromatic rings. The van der Waals surface area contributed by atoms with Crippen LogP contribution in [-0.4, -0.2) is 47.3 Å². The minimum Gasteiger partial charge on any atom is -0.335 e. The number of nitrogens with zero attached hydrogens (tertiary/aromatic N) is 2. The highest BCUT2D eigenvalue weighted by atomic mass is 19.2. The van der Waals surface area contributed by atoms with Crippen molar-refractivity contribution in [2.24, 2.45) is 0 Å². The topological polar surface area (TPSA) is 40.6 Å². The van der Waals surface area contributed by atoms with Gasteiger partial charge in [0.2, 0.25) is 11.8 Å². The molecule has 1 aromatic carbocycles. The summed E-state index contributed by atoms with van der Waals surface area (Å²) in [5, 5.41) is 0. The van der Waals surface area contributed by atoms with Crippen molar-refractivity contribution < 1.29 is 22.8 Å². The number of rotatable bonds is 4. The van der Waals surface area contributed by atoms with Crippen molar-refractivity contribution in [1.82, 2.24) is 9.80 Å². The molecule has 0 aliphatic carbocycles. The predicted octanol–water partition coefficient (Wildman–Crippen LogP) is 2.84. The summed E-state index contributed by atoms with van der Waals surface area (Å²) in [4.78, 5) is 26.9. The first-order chi connectivity index (χ1) is 11.6. The largest absolute Gasteiger partial charge is 0.335 e. The molecule has 25 heavy (non-hydrogen) atoms. The van der Waals surface area contributed by atoms with Gasteiger partial charge in [-0.3, -0.25) is 9.59 Å². The first kappa shape index (κ1) is 19.0. The molecule has 0 saturated carbocycles. The van der Waals surface area contributed by atoms with E-state index in [0.29, 0.717) is 18.5 Å². The molecular weight excluding hydrogens is 333 g/mol. The van der Waals surface area contributed by atoms with E-state index < -0.39 is 23.0 Å². The zero-order valence-corrected chi connectivity index (χ0v) is 14.5. The van der Waals surface area contributed by atoms with E-state index in [2.05, 4.69) is 6.58 Å². The van der Waals surface area contributed by atoms with Crippen molar-refractivity contribution in [2.45, 2.75) is 31.7 Å². The average Bonchev–Trinajstić information content (AvgIpc) is 2.86. The molecule has 7 heteroatoms. The zero-order chi connectivity index (χ0) is 18.9. The molecule has 1 fully saturated rings. The maximum Gasteiger partial charge on any atom is 0.246 e. The quantitative estimate of drug-likeness (QED) is 0.616. The van der Waals surface area contributed by atoms with Crippen LogP contribution in [0.25, 0.3) is 0 Å². The SMILES string of the molecule is C=CC(=O)N(C)CC(=O)N1CCC(c2cc(F)c(F)c(F)c2)C1(C)C. The van der Waals surface area contributed by atoms with Crippen molar-refractivity contribution in [2.75, 3.05) is 20.1 Å². The fourth-order valence-corrected chi connectivity index (χ4v) is 3.41. The first-order valence-corrected chi connectivity index (χ1v) is 7.92. The summed E-state index contributed by atoms with van der Waals surface area (Å²) in [6.45, 7) is 7.21. The Balaban J connectivity index is 2.23. The maximum atomic E-state index is 13.6. The van der Waals surface area contributed by atoms with Crippen LogP contribution in [0.4, 0.5) is 13.2 Å². The van der Waals surface area contributed by atoms with Crippen LogP contribution in [0.2, 0.25) is 0 Å². The Hall–Kier alpha value is -2.31. The van der Waals surface area contributed by atoms with E-state index in [1.165, 1.54) is 11.9 Å². The van der Waals surface area contributed by atoms with E-state index in [4.69, 9.17) is 0 Å². The average molecular weight is 354 g/mol. The van der Waals surface area contributed by atoms with E-state index in [9.17, 15) is 22.8 Å². The predicted molar refractivity (Wildman–Crippen MR) is 87.3 cm³/mol. The molecule has 1 aliphatic heterocycles. The van der Waals surface area contributed by atoms with Gasteiger partial charge >= 0.3 is 0 Å². The highest BCUT2D eigenvalue weighted by Crippen LogP contribution is 2.42. The molecule has 4 nitrogen and oxygen atoms in total. The number of likely N-dealkylation sites (N-methyl/N-ethyl adjacent to an activating group) is 1.